The smallest absolute Gasteiger partial charge is 0.274 e. The first-order chi connectivity index (χ1) is 11.7. The maximum Gasteiger partial charge on any atom is 0.274 e. The predicted octanol–water partition coefficient (Wildman–Crippen LogP) is 3.18. The molecule has 2 N–H and O–H groups in total. The normalized spacial score (nSPS) is 17.6. The second kappa shape index (κ2) is 5.86. The Morgan fingerprint density at radius 3 is 3.12 bits per heavy atom. The third-order valence-electron chi connectivity index (χ3n) is 4.23. The number of halogens is 1. The number of imidazole rings is 1. The van der Waals surface area contributed by atoms with E-state index in [1.807, 2.05) is 0 Å². The number of amides is 1. The molecule has 0 saturated carbocycles. The van der Waals surface area contributed by atoms with Crippen LogP contribution in [0.5, 0.6) is 0 Å². The van der Waals surface area contributed by atoms with Gasteiger partial charge < -0.3 is 15.2 Å². The molecule has 4 rings (SSSR count). The first-order valence-electron chi connectivity index (χ1n) is 7.75. The Morgan fingerprint density at radius 1 is 1.46 bits per heavy atom. The molecule has 0 bridgehead atoms. The highest BCUT2D eigenvalue weighted by Gasteiger charge is 2.33. The van der Waals surface area contributed by atoms with E-state index in [9.17, 15) is 9.18 Å². The van der Waals surface area contributed by atoms with Gasteiger partial charge in [-0.15, -0.1) is 11.3 Å². The van der Waals surface area contributed by atoms with Crippen LogP contribution in [-0.2, 0) is 0 Å². The molecule has 1 aliphatic rings. The van der Waals surface area contributed by atoms with Crippen molar-refractivity contribution in [1.82, 2.24) is 19.9 Å². The van der Waals surface area contributed by atoms with Gasteiger partial charge in [0.2, 0.25) is 0 Å². The molecule has 1 aliphatic heterocycles. The molecule has 0 aliphatic carbocycles. The van der Waals surface area contributed by atoms with Gasteiger partial charge >= 0.3 is 0 Å². The van der Waals surface area contributed by atoms with Gasteiger partial charge in [0.1, 0.15) is 17.3 Å². The lowest BCUT2D eigenvalue weighted by Gasteiger charge is -2.22. The second-order valence-electron chi connectivity index (χ2n) is 5.73. The molecule has 124 valence electrons. The lowest BCUT2D eigenvalue weighted by Crippen LogP contribution is -2.31. The summed E-state index contributed by atoms with van der Waals surface area (Å²) in [4.78, 5) is 26.5. The fourth-order valence-electron chi connectivity index (χ4n) is 3.09. The van der Waals surface area contributed by atoms with Crippen molar-refractivity contribution in [3.63, 3.8) is 0 Å². The minimum atomic E-state index is -0.306. The number of rotatable bonds is 3. The van der Waals surface area contributed by atoms with Gasteiger partial charge in [0, 0.05) is 19.0 Å². The number of aromatic amines is 1. The standard InChI is InChI=1S/C16H16FN5OS/c1-18-16-21-12(8-24-16)15(23)22-6-2-3-13(22)14-19-10-5-4-9(17)7-11(10)20-14/h4-5,7-8,13H,2-3,6H2,1H3,(H,18,21)(H,19,20). The minimum Gasteiger partial charge on any atom is -0.365 e. The number of carbonyl (C=O) groups is 1. The average molecular weight is 345 g/mol. The monoisotopic (exact) mass is 345 g/mol. The van der Waals surface area contributed by atoms with Gasteiger partial charge in [0.05, 0.1) is 17.1 Å². The number of fused-ring (bicyclic) bond motifs is 1. The van der Waals surface area contributed by atoms with E-state index in [4.69, 9.17) is 0 Å². The molecule has 1 atom stereocenters. The van der Waals surface area contributed by atoms with Crippen molar-refractivity contribution in [3.05, 3.63) is 40.9 Å². The van der Waals surface area contributed by atoms with Crippen molar-refractivity contribution in [3.8, 4) is 0 Å². The van der Waals surface area contributed by atoms with Crippen LogP contribution in [0.2, 0.25) is 0 Å². The van der Waals surface area contributed by atoms with Crippen LogP contribution in [0.3, 0.4) is 0 Å². The van der Waals surface area contributed by atoms with E-state index in [0.717, 1.165) is 12.8 Å². The van der Waals surface area contributed by atoms with Crippen LogP contribution in [-0.4, -0.2) is 39.4 Å². The van der Waals surface area contributed by atoms with Gasteiger partial charge in [0.15, 0.2) is 5.13 Å². The Kier molecular flexibility index (Phi) is 3.68. The molecular weight excluding hydrogens is 329 g/mol. The number of thiazole rings is 1. The van der Waals surface area contributed by atoms with Crippen LogP contribution >= 0.6 is 11.3 Å². The fraction of sp³-hybridized carbons (Fsp3) is 0.312. The predicted molar refractivity (Wildman–Crippen MR) is 90.7 cm³/mol. The molecule has 24 heavy (non-hydrogen) atoms. The van der Waals surface area contributed by atoms with Crippen LogP contribution in [0.1, 0.15) is 35.2 Å². The SMILES string of the molecule is CNc1nc(C(=O)N2CCCC2c2nc3ccc(F)cc3[nH]2)cs1. The van der Waals surface area contributed by atoms with Crippen LogP contribution in [0.25, 0.3) is 11.0 Å². The number of likely N-dealkylation sites (tertiary alicyclic amines) is 1. The molecule has 6 nitrogen and oxygen atoms in total. The topological polar surface area (TPSA) is 73.9 Å². The van der Waals surface area contributed by atoms with E-state index in [2.05, 4.69) is 20.3 Å². The third-order valence-corrected chi connectivity index (χ3v) is 5.09. The summed E-state index contributed by atoms with van der Waals surface area (Å²) in [5.74, 6) is 0.298. The van der Waals surface area contributed by atoms with Gasteiger partial charge in [-0.2, -0.15) is 0 Å². The summed E-state index contributed by atoms with van der Waals surface area (Å²) in [6.07, 6.45) is 1.74. The molecule has 0 radical (unpaired) electrons. The minimum absolute atomic E-state index is 0.0955. The quantitative estimate of drug-likeness (QED) is 0.765. The largest absolute Gasteiger partial charge is 0.365 e. The summed E-state index contributed by atoms with van der Waals surface area (Å²) in [5.41, 5.74) is 1.80. The number of H-pyrrole nitrogens is 1. The Hall–Kier alpha value is -2.48. The first kappa shape index (κ1) is 15.1. The van der Waals surface area contributed by atoms with Crippen molar-refractivity contribution >= 4 is 33.4 Å². The van der Waals surface area contributed by atoms with E-state index in [1.54, 1.807) is 23.4 Å². The molecule has 1 unspecified atom stereocenters. The number of nitrogens with one attached hydrogen (secondary N) is 2. The number of hydrogen-bond acceptors (Lipinski definition) is 5. The Morgan fingerprint density at radius 2 is 2.33 bits per heavy atom. The zero-order valence-corrected chi connectivity index (χ0v) is 13.9. The number of nitrogens with zero attached hydrogens (tertiary/aromatic N) is 3. The molecule has 8 heteroatoms. The van der Waals surface area contributed by atoms with E-state index < -0.39 is 0 Å². The number of hydrogen-bond donors (Lipinski definition) is 2. The van der Waals surface area contributed by atoms with Crippen LogP contribution in [0, 0.1) is 5.82 Å². The van der Waals surface area contributed by atoms with E-state index in [0.29, 0.717) is 34.2 Å². The highest BCUT2D eigenvalue weighted by atomic mass is 32.1. The molecule has 1 aromatic carbocycles. The zero-order valence-electron chi connectivity index (χ0n) is 13.0. The lowest BCUT2D eigenvalue weighted by molar-refractivity contribution is 0.0725. The molecule has 2 aromatic heterocycles. The summed E-state index contributed by atoms with van der Waals surface area (Å²) in [5, 5.41) is 5.42. The number of benzene rings is 1. The molecule has 1 fully saturated rings. The molecule has 3 heterocycles. The second-order valence-corrected chi connectivity index (χ2v) is 6.59. The van der Waals surface area contributed by atoms with Gasteiger partial charge in [-0.1, -0.05) is 0 Å². The van der Waals surface area contributed by atoms with Gasteiger partial charge in [-0.3, -0.25) is 4.79 Å². The van der Waals surface area contributed by atoms with E-state index >= 15 is 0 Å². The van der Waals surface area contributed by atoms with Gasteiger partial charge in [0.25, 0.3) is 5.91 Å². The van der Waals surface area contributed by atoms with E-state index in [-0.39, 0.29) is 17.8 Å². The van der Waals surface area contributed by atoms with Gasteiger partial charge in [-0.05, 0) is 31.0 Å². The maximum atomic E-state index is 13.4. The number of carbonyl (C=O) groups excluding carboxylic acids is 1. The van der Waals surface area contributed by atoms with Crippen molar-refractivity contribution in [1.29, 1.82) is 0 Å². The summed E-state index contributed by atoms with van der Waals surface area (Å²) >= 11 is 1.40. The Balaban J connectivity index is 1.64. The molecular formula is C16H16FN5OS. The number of anilines is 1. The highest BCUT2D eigenvalue weighted by Crippen LogP contribution is 2.33. The Labute approximate surface area is 141 Å². The Bertz CT molecular complexity index is 905. The van der Waals surface area contributed by atoms with E-state index in [1.165, 1.54) is 23.5 Å². The number of aromatic nitrogens is 3. The van der Waals surface area contributed by atoms with Gasteiger partial charge in [-0.25, -0.2) is 14.4 Å². The average Bonchev–Trinajstić information content (AvgIpc) is 3.31. The molecule has 1 saturated heterocycles. The van der Waals surface area contributed by atoms with Crippen molar-refractivity contribution in [2.75, 3.05) is 18.9 Å². The van der Waals surface area contributed by atoms with Crippen LogP contribution < -0.4 is 5.32 Å². The summed E-state index contributed by atoms with van der Waals surface area (Å²) in [7, 11) is 1.78. The first-order valence-corrected chi connectivity index (χ1v) is 8.63. The third kappa shape index (κ3) is 2.52. The lowest BCUT2D eigenvalue weighted by atomic mass is 10.2. The van der Waals surface area contributed by atoms with Crippen LogP contribution in [0.4, 0.5) is 9.52 Å². The molecule has 0 spiro atoms. The van der Waals surface area contributed by atoms with Crippen molar-refractivity contribution in [2.45, 2.75) is 18.9 Å². The highest BCUT2D eigenvalue weighted by molar-refractivity contribution is 7.13. The van der Waals surface area contributed by atoms with Crippen molar-refractivity contribution < 1.29 is 9.18 Å². The fourth-order valence-corrected chi connectivity index (χ4v) is 3.73. The zero-order chi connectivity index (χ0) is 16.7. The summed E-state index contributed by atoms with van der Waals surface area (Å²) in [6.45, 7) is 0.668. The maximum absolute atomic E-state index is 13.4. The van der Waals surface area contributed by atoms with Crippen LogP contribution in [0.15, 0.2) is 23.6 Å². The molecule has 1 amide bonds. The van der Waals surface area contributed by atoms with Crippen molar-refractivity contribution in [2.24, 2.45) is 0 Å². The summed E-state index contributed by atoms with van der Waals surface area (Å²) < 4.78 is 13.4. The summed E-state index contributed by atoms with van der Waals surface area (Å²) in [6, 6.07) is 4.32. The molecule has 3 aromatic rings.